The largest absolute Gasteiger partial charge is 0.396 e. The van der Waals surface area contributed by atoms with E-state index in [9.17, 15) is 24.3 Å². The fourth-order valence-corrected chi connectivity index (χ4v) is 16.4. The minimum absolute atomic E-state index is 0.0304. The Morgan fingerprint density at radius 2 is 0.977 bits per heavy atom. The normalized spacial score (nSPS) is 19.2. The first-order chi connectivity index (χ1) is 42.8. The maximum Gasteiger partial charge on any atom is 0.223 e. The van der Waals surface area contributed by atoms with Crippen molar-refractivity contribution in [3.8, 4) is 0 Å². The van der Waals surface area contributed by atoms with E-state index in [4.69, 9.17) is 19.8 Å². The van der Waals surface area contributed by atoms with Crippen LogP contribution in [0.3, 0.4) is 0 Å². The van der Waals surface area contributed by atoms with Gasteiger partial charge in [0.25, 0.3) is 0 Å². The van der Waals surface area contributed by atoms with E-state index in [1.54, 1.807) is 12.3 Å². The van der Waals surface area contributed by atoms with Crippen LogP contribution in [0.1, 0.15) is 93.7 Å². The second kappa shape index (κ2) is 57.4. The van der Waals surface area contributed by atoms with Crippen LogP contribution in [0.5, 0.6) is 0 Å². The van der Waals surface area contributed by atoms with Crippen molar-refractivity contribution in [1.82, 2.24) is 19.6 Å². The van der Waals surface area contributed by atoms with E-state index in [2.05, 4.69) is 50.9 Å². The molecule has 2 aliphatic rings. The van der Waals surface area contributed by atoms with Crippen LogP contribution < -0.4 is 0 Å². The molecule has 490 valence electrons. The summed E-state index contributed by atoms with van der Waals surface area (Å²) in [6.45, 7) is 11.1. The van der Waals surface area contributed by atoms with Gasteiger partial charge in [-0.05, 0) is 149 Å². The molecule has 2 bridgehead atoms. The van der Waals surface area contributed by atoms with Gasteiger partial charge in [0.1, 0.15) is 6.61 Å². The zero-order valence-electron chi connectivity index (χ0n) is 51.8. The van der Waals surface area contributed by atoms with Gasteiger partial charge in [0.2, 0.25) is 23.6 Å². The molecule has 24 heteroatoms. The first-order valence-corrected chi connectivity index (χ1v) is 40.5. The van der Waals surface area contributed by atoms with Crippen LogP contribution in [-0.2, 0) is 46.5 Å². The minimum atomic E-state index is -0.0304. The number of carbonyl (C=O) groups excluding carboxylic acids is 4. The third-order valence-corrected chi connectivity index (χ3v) is 22.3. The van der Waals surface area contributed by atoms with E-state index >= 15 is 0 Å². The van der Waals surface area contributed by atoms with Crippen molar-refractivity contribution < 1.29 is 38.6 Å². The van der Waals surface area contributed by atoms with Gasteiger partial charge in [0, 0.05) is 113 Å². The topological polar surface area (TPSA) is 190 Å². The summed E-state index contributed by atoms with van der Waals surface area (Å²) in [4.78, 5) is 69.3. The molecule has 0 fully saturated rings. The van der Waals surface area contributed by atoms with Gasteiger partial charge in [-0.15, -0.1) is 6.58 Å². The number of benzene rings is 2. The fourth-order valence-electron chi connectivity index (χ4n) is 8.69. The Kier molecular flexibility index (Phi) is 52.0. The SMILES string of the molecule is C=CCN1Cc2ccc(cc2)/C=N\OCCCSCCCSCCC(=O)N(CCOCCOCCN=[N+]=[N-])CCCSCCCSCCC(=O)N(CCO)CCCSCCCSCCC(=O)N(CCc2ccccc2)CCCSCCCSCCC1=O. The Balaban J connectivity index is 1.47. The summed E-state index contributed by atoms with van der Waals surface area (Å²) in [5.41, 5.74) is 11.7. The quantitative estimate of drug-likeness (QED) is 0.0548. The first-order valence-electron chi connectivity index (χ1n) is 31.2. The molecule has 0 spiro atoms. The minimum Gasteiger partial charge on any atom is -0.396 e. The Morgan fingerprint density at radius 3 is 1.46 bits per heavy atom. The lowest BCUT2D eigenvalue weighted by Gasteiger charge is -2.23. The maximum atomic E-state index is 13.5. The third-order valence-electron chi connectivity index (χ3n) is 13.4. The number of hydrogen-bond acceptors (Lipinski definition) is 18. The lowest BCUT2D eigenvalue weighted by atomic mass is 10.1. The number of azide groups is 1. The number of aliphatic hydroxyl groups is 1. The molecule has 2 heterocycles. The number of oxime groups is 1. The summed E-state index contributed by atoms with van der Waals surface area (Å²) in [5, 5.41) is 17.4. The van der Waals surface area contributed by atoms with E-state index < -0.39 is 0 Å². The lowest BCUT2D eigenvalue weighted by molar-refractivity contribution is -0.132. The molecule has 0 saturated carbocycles. The second-order valence-corrected chi connectivity index (χ2v) is 30.2. The highest BCUT2D eigenvalue weighted by molar-refractivity contribution is 8.01. The smallest absolute Gasteiger partial charge is 0.223 e. The van der Waals surface area contributed by atoms with Crippen molar-refractivity contribution in [3.63, 3.8) is 0 Å². The van der Waals surface area contributed by atoms with Crippen molar-refractivity contribution in [2.45, 2.75) is 90.0 Å². The second-order valence-electron chi connectivity index (χ2n) is 20.4. The van der Waals surface area contributed by atoms with Gasteiger partial charge in [-0.25, -0.2) is 0 Å². The van der Waals surface area contributed by atoms with Crippen LogP contribution in [0.25, 0.3) is 10.4 Å². The zero-order valence-corrected chi connectivity index (χ0v) is 58.4. The predicted molar refractivity (Wildman–Crippen MR) is 382 cm³/mol. The van der Waals surface area contributed by atoms with Crippen molar-refractivity contribution in [2.75, 3.05) is 184 Å². The summed E-state index contributed by atoms with van der Waals surface area (Å²) in [6, 6.07) is 18.5. The molecule has 0 radical (unpaired) electrons. The molecule has 0 unspecified atom stereocenters. The molecule has 16 nitrogen and oxygen atoms in total. The van der Waals surface area contributed by atoms with Crippen molar-refractivity contribution in [1.29, 1.82) is 0 Å². The number of ether oxygens (including phenoxy) is 2. The highest BCUT2D eigenvalue weighted by Gasteiger charge is 2.17. The lowest BCUT2D eigenvalue weighted by Crippen LogP contribution is -2.35. The van der Waals surface area contributed by atoms with Gasteiger partial charge in [-0.2, -0.15) is 94.1 Å². The van der Waals surface area contributed by atoms with Crippen LogP contribution in [-0.4, -0.2) is 239 Å². The molecule has 87 heavy (non-hydrogen) atoms. The number of nitrogens with zero attached hydrogens (tertiary/aromatic N) is 8. The number of rotatable bonds is 16. The third kappa shape index (κ3) is 43.8. The van der Waals surface area contributed by atoms with Crippen LogP contribution >= 0.6 is 94.1 Å². The average Bonchev–Trinajstić information content (AvgIpc) is 3.73. The van der Waals surface area contributed by atoms with E-state index in [0.717, 1.165) is 174 Å². The van der Waals surface area contributed by atoms with E-state index in [1.165, 1.54) is 5.56 Å². The van der Waals surface area contributed by atoms with E-state index in [1.807, 2.05) is 139 Å². The highest BCUT2D eigenvalue weighted by atomic mass is 32.2. The standard InChI is InChI=1S/C63H102N8O8S8/c1-2-26-71-56-59-18-16-58(17-19-59)55-66-79-34-9-42-83-46-13-50-86-53-23-62(75)70(32-36-78-38-37-77-35-25-65-67-64)29-8-41-82-45-11-48-85-52-22-61(74)69(31-33-72)28-7-40-81-44-10-47-84-51-21-60(73)68(30-20-57-14-4-3-5-15-57)27-6-39-80-43-12-49-87-54-24-63(71)76/h2-5,14-19,55,72H,1,6-13,20-54,56H2/b66-55-. The molecule has 0 saturated heterocycles. The number of amides is 4. The molecule has 1 N–H and O–H groups in total. The first kappa shape index (κ1) is 78.8. The van der Waals surface area contributed by atoms with Crippen LogP contribution in [0, 0.1) is 0 Å². The summed E-state index contributed by atoms with van der Waals surface area (Å²) in [5.74, 6) is 16.1. The number of hydrogen-bond donors (Lipinski definition) is 1. The van der Waals surface area contributed by atoms with E-state index in [0.29, 0.717) is 98.0 Å². The summed E-state index contributed by atoms with van der Waals surface area (Å²) >= 11 is 15.1. The van der Waals surface area contributed by atoms with Crippen molar-refractivity contribution in [2.24, 2.45) is 10.3 Å². The molecule has 4 amide bonds. The predicted octanol–water partition coefficient (Wildman–Crippen LogP) is 12.2. The van der Waals surface area contributed by atoms with Gasteiger partial charge in [0.05, 0.1) is 39.2 Å². The molecular formula is C63H102N8O8S8. The number of fused-ring (bicyclic) bond motifs is 52. The van der Waals surface area contributed by atoms with E-state index in [-0.39, 0.29) is 36.8 Å². The van der Waals surface area contributed by atoms with Crippen LogP contribution in [0.2, 0.25) is 0 Å². The highest BCUT2D eigenvalue weighted by Crippen LogP contribution is 2.18. The monoisotopic (exact) mass is 1350 g/mol. The van der Waals surface area contributed by atoms with Crippen molar-refractivity contribution >= 4 is 124 Å². The molecular weight excluding hydrogens is 1250 g/mol. The molecule has 4 rings (SSSR count). The van der Waals surface area contributed by atoms with Gasteiger partial charge >= 0.3 is 0 Å². The number of thioether (sulfide) groups is 8. The van der Waals surface area contributed by atoms with Crippen LogP contribution in [0.4, 0.5) is 0 Å². The summed E-state index contributed by atoms with van der Waals surface area (Å²) in [7, 11) is 0. The number of aliphatic hydroxyl groups excluding tert-OH is 1. The Morgan fingerprint density at radius 1 is 0.540 bits per heavy atom. The number of carbonyl (C=O) groups is 4. The van der Waals surface area contributed by atoms with Crippen LogP contribution in [0.15, 0.2) is 77.5 Å². The molecule has 2 aromatic rings. The average molecular weight is 1360 g/mol. The van der Waals surface area contributed by atoms with Gasteiger partial charge in [-0.3, -0.25) is 19.2 Å². The zero-order chi connectivity index (χ0) is 62.1. The Labute approximate surface area is 556 Å². The van der Waals surface area contributed by atoms with Crippen molar-refractivity contribution in [3.05, 3.63) is 94.4 Å². The molecule has 0 atom stereocenters. The van der Waals surface area contributed by atoms with Gasteiger partial charge in [0.15, 0.2) is 0 Å². The molecule has 0 aliphatic carbocycles. The maximum absolute atomic E-state index is 13.5. The Hall–Kier alpha value is -2.48. The van der Waals surface area contributed by atoms with Gasteiger partial charge in [-0.1, -0.05) is 70.9 Å². The fraction of sp³-hybridized carbons (Fsp3) is 0.698. The summed E-state index contributed by atoms with van der Waals surface area (Å²) < 4.78 is 11.2. The summed E-state index contributed by atoms with van der Waals surface area (Å²) in [6.07, 6.45) is 14.4. The van der Waals surface area contributed by atoms with Gasteiger partial charge < -0.3 is 39.0 Å². The Bertz CT molecular complexity index is 2140. The molecule has 0 aromatic heterocycles. The molecule has 2 aliphatic heterocycles. The molecule has 2 aromatic carbocycles.